The number of aryl methyl sites for hydroxylation is 1. The second kappa shape index (κ2) is 4.06. The van der Waals surface area contributed by atoms with Crippen molar-refractivity contribution in [2.45, 2.75) is 0 Å². The van der Waals surface area contributed by atoms with E-state index < -0.39 is 0 Å². The zero-order chi connectivity index (χ0) is 11.5. The number of hydrogen-bond donors (Lipinski definition) is 2. The number of amides is 1. The maximum atomic E-state index is 11.7. The van der Waals surface area contributed by atoms with Gasteiger partial charge in [0.25, 0.3) is 5.91 Å². The highest BCUT2D eigenvalue weighted by molar-refractivity contribution is 6.04. The van der Waals surface area contributed by atoms with Crippen LogP contribution in [-0.2, 0) is 7.05 Å². The Labute approximate surface area is 92.3 Å². The average Bonchev–Trinajstić information content (AvgIpc) is 2.64. The summed E-state index contributed by atoms with van der Waals surface area (Å²) in [6.07, 6.45) is 3.25. The van der Waals surface area contributed by atoms with E-state index in [0.29, 0.717) is 11.3 Å². The average molecular weight is 217 g/mol. The van der Waals surface area contributed by atoms with Gasteiger partial charge in [-0.05, 0) is 18.2 Å². The third kappa shape index (κ3) is 2.20. The van der Waals surface area contributed by atoms with E-state index in [4.69, 9.17) is 0 Å². The van der Waals surface area contributed by atoms with E-state index in [9.17, 15) is 9.90 Å². The molecule has 0 spiro atoms. The molecule has 0 atom stereocenters. The molecule has 0 aliphatic rings. The summed E-state index contributed by atoms with van der Waals surface area (Å²) in [6.45, 7) is 0. The normalized spacial score (nSPS) is 10.1. The van der Waals surface area contributed by atoms with Gasteiger partial charge < -0.3 is 10.4 Å². The molecular weight excluding hydrogens is 206 g/mol. The quantitative estimate of drug-likeness (QED) is 0.798. The third-order valence-electron chi connectivity index (χ3n) is 2.07. The molecule has 1 heterocycles. The van der Waals surface area contributed by atoms with Gasteiger partial charge in [-0.3, -0.25) is 9.48 Å². The Bertz CT molecular complexity index is 519. The first-order valence-corrected chi connectivity index (χ1v) is 4.74. The van der Waals surface area contributed by atoms with Gasteiger partial charge >= 0.3 is 0 Å². The number of anilines is 1. The van der Waals surface area contributed by atoms with Crippen molar-refractivity contribution in [3.63, 3.8) is 0 Å². The monoisotopic (exact) mass is 217 g/mol. The minimum absolute atomic E-state index is 0.0684. The number of hydrogen-bond acceptors (Lipinski definition) is 3. The lowest BCUT2D eigenvalue weighted by molar-refractivity contribution is 0.102. The number of aromatic nitrogens is 2. The van der Waals surface area contributed by atoms with Crippen molar-refractivity contribution in [1.82, 2.24) is 9.78 Å². The molecule has 0 saturated carbocycles. The van der Waals surface area contributed by atoms with E-state index in [0.717, 1.165) is 0 Å². The lowest BCUT2D eigenvalue weighted by Gasteiger charge is -2.02. The number of nitrogens with zero attached hydrogens (tertiary/aromatic N) is 2. The van der Waals surface area contributed by atoms with Crippen molar-refractivity contribution in [1.29, 1.82) is 0 Å². The van der Waals surface area contributed by atoms with Gasteiger partial charge in [-0.2, -0.15) is 5.10 Å². The first kappa shape index (κ1) is 10.2. The largest absolute Gasteiger partial charge is 0.508 e. The molecule has 82 valence electrons. The smallest absolute Gasteiger partial charge is 0.255 e. The van der Waals surface area contributed by atoms with E-state index in [1.165, 1.54) is 12.1 Å². The summed E-state index contributed by atoms with van der Waals surface area (Å²) >= 11 is 0. The van der Waals surface area contributed by atoms with Crippen molar-refractivity contribution < 1.29 is 9.90 Å². The Morgan fingerprint density at radius 1 is 1.50 bits per heavy atom. The third-order valence-corrected chi connectivity index (χ3v) is 2.07. The first-order chi connectivity index (χ1) is 7.65. The fourth-order valence-electron chi connectivity index (χ4n) is 1.34. The van der Waals surface area contributed by atoms with Crippen LogP contribution in [-0.4, -0.2) is 20.8 Å². The van der Waals surface area contributed by atoms with Crippen LogP contribution in [0.3, 0.4) is 0 Å². The Hall–Kier alpha value is -2.30. The molecule has 0 aliphatic carbocycles. The number of phenols is 1. The Morgan fingerprint density at radius 2 is 2.31 bits per heavy atom. The van der Waals surface area contributed by atoms with Crippen LogP contribution in [0.1, 0.15) is 10.4 Å². The fraction of sp³-hybridized carbons (Fsp3) is 0.0909. The lowest BCUT2D eigenvalue weighted by Crippen LogP contribution is -2.11. The predicted octanol–water partition coefficient (Wildman–Crippen LogP) is 1.38. The van der Waals surface area contributed by atoms with Gasteiger partial charge in [-0.15, -0.1) is 0 Å². The molecule has 2 N–H and O–H groups in total. The molecule has 0 fully saturated rings. The topological polar surface area (TPSA) is 67.2 Å². The number of benzene rings is 1. The molecule has 5 nitrogen and oxygen atoms in total. The van der Waals surface area contributed by atoms with Gasteiger partial charge in [-0.1, -0.05) is 6.07 Å². The summed E-state index contributed by atoms with van der Waals surface area (Å²) in [6, 6.07) is 6.17. The molecule has 1 aromatic heterocycles. The number of aromatic hydroxyl groups is 1. The van der Waals surface area contributed by atoms with Crippen molar-refractivity contribution in [2.75, 3.05) is 5.32 Å². The number of rotatable bonds is 2. The highest BCUT2D eigenvalue weighted by Crippen LogP contribution is 2.13. The van der Waals surface area contributed by atoms with Crippen LogP contribution < -0.4 is 5.32 Å². The predicted molar refractivity (Wildman–Crippen MR) is 59.3 cm³/mol. The number of carbonyl (C=O) groups excluding carboxylic acids is 1. The van der Waals surface area contributed by atoms with Crippen molar-refractivity contribution in [2.24, 2.45) is 7.05 Å². The number of carbonyl (C=O) groups is 1. The lowest BCUT2D eigenvalue weighted by atomic mass is 10.2. The van der Waals surface area contributed by atoms with Gasteiger partial charge in [0.05, 0.1) is 11.9 Å². The highest BCUT2D eigenvalue weighted by atomic mass is 16.3. The summed E-state index contributed by atoms with van der Waals surface area (Å²) in [5.74, 6) is -0.206. The minimum atomic E-state index is -0.274. The molecule has 2 aromatic rings. The van der Waals surface area contributed by atoms with E-state index in [1.54, 1.807) is 36.3 Å². The molecule has 0 radical (unpaired) electrons. The van der Waals surface area contributed by atoms with Crippen LogP contribution in [0.4, 0.5) is 5.69 Å². The van der Waals surface area contributed by atoms with Gasteiger partial charge in [-0.25, -0.2) is 0 Å². The standard InChI is InChI=1S/C11H11N3O2/c1-14-7-9(6-12-14)13-11(16)8-3-2-4-10(15)5-8/h2-7,15H,1H3,(H,13,16). The molecule has 1 amide bonds. The van der Waals surface area contributed by atoms with Crippen molar-refractivity contribution >= 4 is 11.6 Å². The summed E-state index contributed by atoms with van der Waals surface area (Å²) in [4.78, 5) is 11.7. The summed E-state index contributed by atoms with van der Waals surface area (Å²) in [5, 5.41) is 15.8. The molecule has 0 aliphatic heterocycles. The van der Waals surface area contributed by atoms with E-state index in [2.05, 4.69) is 10.4 Å². The molecule has 5 heteroatoms. The van der Waals surface area contributed by atoms with Crippen molar-refractivity contribution in [3.8, 4) is 5.75 Å². The first-order valence-electron chi connectivity index (χ1n) is 4.74. The number of phenolic OH excluding ortho intramolecular Hbond substituents is 1. The number of nitrogens with one attached hydrogen (secondary N) is 1. The summed E-state index contributed by atoms with van der Waals surface area (Å²) in [7, 11) is 1.77. The molecular formula is C11H11N3O2. The Kier molecular flexibility index (Phi) is 2.59. The summed E-state index contributed by atoms with van der Waals surface area (Å²) < 4.78 is 1.60. The van der Waals surface area contributed by atoms with E-state index >= 15 is 0 Å². The second-order valence-electron chi connectivity index (χ2n) is 3.41. The molecule has 0 unspecified atom stereocenters. The second-order valence-corrected chi connectivity index (χ2v) is 3.41. The molecule has 16 heavy (non-hydrogen) atoms. The maximum Gasteiger partial charge on any atom is 0.255 e. The van der Waals surface area contributed by atoms with Crippen molar-refractivity contribution in [3.05, 3.63) is 42.2 Å². The molecule has 2 rings (SSSR count). The van der Waals surface area contributed by atoms with Crippen LogP contribution in [0, 0.1) is 0 Å². The Balaban J connectivity index is 2.14. The van der Waals surface area contributed by atoms with Crippen LogP contribution in [0.25, 0.3) is 0 Å². The maximum absolute atomic E-state index is 11.7. The highest BCUT2D eigenvalue weighted by Gasteiger charge is 2.07. The zero-order valence-corrected chi connectivity index (χ0v) is 8.71. The van der Waals surface area contributed by atoms with Crippen LogP contribution in [0.15, 0.2) is 36.7 Å². The minimum Gasteiger partial charge on any atom is -0.508 e. The van der Waals surface area contributed by atoms with Crippen LogP contribution >= 0.6 is 0 Å². The zero-order valence-electron chi connectivity index (χ0n) is 8.71. The molecule has 0 bridgehead atoms. The molecule has 0 saturated heterocycles. The van der Waals surface area contributed by atoms with Crippen LogP contribution in [0.2, 0.25) is 0 Å². The fourth-order valence-corrected chi connectivity index (χ4v) is 1.34. The van der Waals surface area contributed by atoms with E-state index in [-0.39, 0.29) is 11.7 Å². The van der Waals surface area contributed by atoms with E-state index in [1.807, 2.05) is 0 Å². The van der Waals surface area contributed by atoms with Gasteiger partial charge in [0.15, 0.2) is 0 Å². The van der Waals surface area contributed by atoms with Crippen LogP contribution in [0.5, 0.6) is 5.75 Å². The van der Waals surface area contributed by atoms with Gasteiger partial charge in [0.2, 0.25) is 0 Å². The summed E-state index contributed by atoms with van der Waals surface area (Å²) in [5.41, 5.74) is 1.03. The Morgan fingerprint density at radius 3 is 2.94 bits per heavy atom. The van der Waals surface area contributed by atoms with Gasteiger partial charge in [0, 0.05) is 18.8 Å². The molecule has 1 aromatic carbocycles. The SMILES string of the molecule is Cn1cc(NC(=O)c2cccc(O)c2)cn1. The van der Waals surface area contributed by atoms with Gasteiger partial charge in [0.1, 0.15) is 5.75 Å².